The number of hydrogen-bond acceptors (Lipinski definition) is 5. The Hall–Kier alpha value is -1.56. The molecule has 1 saturated heterocycles. The van der Waals surface area contributed by atoms with Crippen LogP contribution in [0.3, 0.4) is 0 Å². The van der Waals surface area contributed by atoms with Gasteiger partial charge >= 0.3 is 6.09 Å². The van der Waals surface area contributed by atoms with Crippen molar-refractivity contribution in [2.24, 2.45) is 0 Å². The van der Waals surface area contributed by atoms with Gasteiger partial charge in [-0.3, -0.25) is 0 Å². The molecule has 122 valence electrons. The van der Waals surface area contributed by atoms with E-state index in [0.717, 1.165) is 5.56 Å². The summed E-state index contributed by atoms with van der Waals surface area (Å²) in [5.74, 6) is 0.604. The second kappa shape index (κ2) is 6.28. The van der Waals surface area contributed by atoms with Crippen molar-refractivity contribution in [1.82, 2.24) is 14.9 Å². The molecule has 0 aromatic carbocycles. The number of piperazine rings is 1. The first-order valence-electron chi connectivity index (χ1n) is 7.41. The van der Waals surface area contributed by atoms with E-state index in [2.05, 4.69) is 14.9 Å². The fourth-order valence-corrected chi connectivity index (χ4v) is 2.42. The number of carbonyl (C=O) groups excluding carboxylic acids is 1. The summed E-state index contributed by atoms with van der Waals surface area (Å²) in [6.07, 6.45) is 1.44. The van der Waals surface area contributed by atoms with Crippen molar-refractivity contribution in [1.29, 1.82) is 0 Å². The van der Waals surface area contributed by atoms with Crippen LogP contribution in [0.2, 0.25) is 5.15 Å². The quantitative estimate of drug-likeness (QED) is 0.743. The molecular weight excluding hydrogens is 304 g/mol. The Labute approximate surface area is 136 Å². The molecule has 0 unspecified atom stereocenters. The lowest BCUT2D eigenvalue weighted by Gasteiger charge is -2.40. The van der Waals surface area contributed by atoms with Crippen molar-refractivity contribution in [3.63, 3.8) is 0 Å². The van der Waals surface area contributed by atoms with Gasteiger partial charge in [-0.05, 0) is 34.6 Å². The van der Waals surface area contributed by atoms with Gasteiger partial charge in [-0.25, -0.2) is 14.8 Å². The lowest BCUT2D eigenvalue weighted by Crippen LogP contribution is -2.55. The molecule has 1 atom stereocenters. The smallest absolute Gasteiger partial charge is 0.410 e. The highest BCUT2D eigenvalue weighted by atomic mass is 35.5. The molecule has 2 heterocycles. The maximum atomic E-state index is 12.1. The number of aryl methyl sites for hydroxylation is 1. The molecule has 1 aromatic heterocycles. The van der Waals surface area contributed by atoms with E-state index in [0.29, 0.717) is 30.7 Å². The number of halogens is 1. The monoisotopic (exact) mass is 326 g/mol. The minimum atomic E-state index is -0.481. The highest BCUT2D eigenvalue weighted by molar-refractivity contribution is 6.30. The van der Waals surface area contributed by atoms with E-state index in [9.17, 15) is 4.79 Å². The van der Waals surface area contributed by atoms with E-state index < -0.39 is 5.60 Å². The normalized spacial score (nSPS) is 19.3. The second-order valence-corrected chi connectivity index (χ2v) is 6.97. The molecule has 7 heteroatoms. The predicted octanol–water partition coefficient (Wildman–Crippen LogP) is 2.88. The summed E-state index contributed by atoms with van der Waals surface area (Å²) in [6, 6.07) is 0.0973. The van der Waals surface area contributed by atoms with Gasteiger partial charge in [0.2, 0.25) is 5.95 Å². The molecule has 1 aromatic rings. The number of amides is 1. The van der Waals surface area contributed by atoms with E-state index in [1.165, 1.54) is 0 Å². The average Bonchev–Trinajstić information content (AvgIpc) is 2.40. The second-order valence-electron chi connectivity index (χ2n) is 6.61. The SMILES string of the molecule is Cc1cnc(N2CCN(C(=O)OC(C)(C)C)C[C@H]2C)nc1Cl. The van der Waals surface area contributed by atoms with E-state index in [4.69, 9.17) is 16.3 Å². The standard InChI is InChI=1S/C15H23ClN4O2/c1-10-8-17-13(18-12(10)16)20-7-6-19(9-11(20)2)14(21)22-15(3,4)5/h8,11H,6-7,9H2,1-5H3/t11-/m1/s1. The molecule has 1 amide bonds. The zero-order valence-electron chi connectivity index (χ0n) is 13.8. The number of rotatable bonds is 1. The Morgan fingerprint density at radius 3 is 2.64 bits per heavy atom. The summed E-state index contributed by atoms with van der Waals surface area (Å²) in [6.45, 7) is 11.3. The number of hydrogen-bond donors (Lipinski definition) is 0. The Bertz CT molecular complexity index is 559. The summed E-state index contributed by atoms with van der Waals surface area (Å²) < 4.78 is 5.42. The molecule has 1 aliphatic rings. The highest BCUT2D eigenvalue weighted by Gasteiger charge is 2.31. The van der Waals surface area contributed by atoms with Gasteiger partial charge in [0, 0.05) is 37.4 Å². The van der Waals surface area contributed by atoms with Gasteiger partial charge in [0.05, 0.1) is 0 Å². The van der Waals surface area contributed by atoms with Gasteiger partial charge in [-0.1, -0.05) is 11.6 Å². The molecule has 1 aliphatic heterocycles. The van der Waals surface area contributed by atoms with Crippen molar-refractivity contribution in [3.8, 4) is 0 Å². The van der Waals surface area contributed by atoms with Gasteiger partial charge < -0.3 is 14.5 Å². The maximum Gasteiger partial charge on any atom is 0.410 e. The number of nitrogens with zero attached hydrogens (tertiary/aromatic N) is 4. The van der Waals surface area contributed by atoms with Crippen LogP contribution in [0.25, 0.3) is 0 Å². The Balaban J connectivity index is 2.03. The average molecular weight is 327 g/mol. The van der Waals surface area contributed by atoms with Gasteiger partial charge in [-0.2, -0.15) is 0 Å². The predicted molar refractivity (Wildman–Crippen MR) is 86.4 cm³/mol. The third-order valence-electron chi connectivity index (χ3n) is 3.43. The third kappa shape index (κ3) is 4.00. The Morgan fingerprint density at radius 2 is 2.09 bits per heavy atom. The molecule has 0 bridgehead atoms. The lowest BCUT2D eigenvalue weighted by atomic mass is 10.2. The molecule has 0 spiro atoms. The highest BCUT2D eigenvalue weighted by Crippen LogP contribution is 2.21. The van der Waals surface area contributed by atoms with Crippen molar-refractivity contribution in [2.75, 3.05) is 24.5 Å². The summed E-state index contributed by atoms with van der Waals surface area (Å²) in [4.78, 5) is 24.6. The molecular formula is C15H23ClN4O2. The summed E-state index contributed by atoms with van der Waals surface area (Å²) >= 11 is 6.07. The molecule has 0 saturated carbocycles. The Kier molecular flexibility index (Phi) is 4.80. The van der Waals surface area contributed by atoms with E-state index in [1.54, 1.807) is 11.1 Å². The van der Waals surface area contributed by atoms with E-state index >= 15 is 0 Å². The topological polar surface area (TPSA) is 58.6 Å². The fourth-order valence-electron chi connectivity index (χ4n) is 2.30. The van der Waals surface area contributed by atoms with Crippen LogP contribution in [-0.4, -0.2) is 52.2 Å². The Morgan fingerprint density at radius 1 is 1.41 bits per heavy atom. The zero-order valence-corrected chi connectivity index (χ0v) is 14.5. The van der Waals surface area contributed by atoms with Crippen LogP contribution >= 0.6 is 11.6 Å². The fraction of sp³-hybridized carbons (Fsp3) is 0.667. The summed E-state index contributed by atoms with van der Waals surface area (Å²) in [7, 11) is 0. The van der Waals surface area contributed by atoms with Crippen LogP contribution in [0.15, 0.2) is 6.20 Å². The molecule has 22 heavy (non-hydrogen) atoms. The van der Waals surface area contributed by atoms with Gasteiger partial charge in [0.15, 0.2) is 0 Å². The molecule has 0 radical (unpaired) electrons. The van der Waals surface area contributed by atoms with Crippen LogP contribution in [0.5, 0.6) is 0 Å². The van der Waals surface area contributed by atoms with Crippen molar-refractivity contribution in [3.05, 3.63) is 16.9 Å². The first kappa shape index (κ1) is 16.8. The maximum absolute atomic E-state index is 12.1. The molecule has 0 N–H and O–H groups in total. The van der Waals surface area contributed by atoms with Gasteiger partial charge in [0.1, 0.15) is 10.8 Å². The lowest BCUT2D eigenvalue weighted by molar-refractivity contribution is 0.0218. The van der Waals surface area contributed by atoms with Crippen molar-refractivity contribution >= 4 is 23.6 Å². The summed E-state index contributed by atoms with van der Waals surface area (Å²) in [5.41, 5.74) is 0.371. The zero-order chi connectivity index (χ0) is 16.5. The van der Waals surface area contributed by atoms with Crippen LogP contribution in [0.4, 0.5) is 10.7 Å². The van der Waals surface area contributed by atoms with Gasteiger partial charge in [-0.15, -0.1) is 0 Å². The minimum Gasteiger partial charge on any atom is -0.444 e. The van der Waals surface area contributed by atoms with Crippen LogP contribution in [0, 0.1) is 6.92 Å². The number of aromatic nitrogens is 2. The van der Waals surface area contributed by atoms with Gasteiger partial charge in [0.25, 0.3) is 0 Å². The number of anilines is 1. The molecule has 6 nitrogen and oxygen atoms in total. The molecule has 1 fully saturated rings. The van der Waals surface area contributed by atoms with E-state index in [-0.39, 0.29) is 12.1 Å². The molecule has 2 rings (SSSR count). The van der Waals surface area contributed by atoms with Crippen LogP contribution in [0.1, 0.15) is 33.3 Å². The first-order chi connectivity index (χ1) is 10.2. The first-order valence-corrected chi connectivity index (χ1v) is 7.79. The van der Waals surface area contributed by atoms with Crippen molar-refractivity contribution < 1.29 is 9.53 Å². The number of carbonyl (C=O) groups is 1. The van der Waals surface area contributed by atoms with Crippen LogP contribution in [-0.2, 0) is 4.74 Å². The number of ether oxygens (including phenoxy) is 1. The van der Waals surface area contributed by atoms with E-state index in [1.807, 2.05) is 34.6 Å². The summed E-state index contributed by atoms with van der Waals surface area (Å²) in [5, 5.41) is 0.465. The van der Waals surface area contributed by atoms with Crippen LogP contribution < -0.4 is 4.90 Å². The molecule has 0 aliphatic carbocycles. The minimum absolute atomic E-state index is 0.0973. The third-order valence-corrected chi connectivity index (χ3v) is 3.82. The van der Waals surface area contributed by atoms with Crippen molar-refractivity contribution in [2.45, 2.75) is 46.3 Å². The largest absolute Gasteiger partial charge is 0.444 e.